The van der Waals surface area contributed by atoms with Gasteiger partial charge in [-0.05, 0) is 44.0 Å². The Labute approximate surface area is 134 Å². The molecule has 0 saturated heterocycles. The maximum absolute atomic E-state index is 6.07. The molecule has 0 fully saturated rings. The normalized spacial score (nSPS) is 11.8. The minimum absolute atomic E-state index is 0.0937. The molecule has 2 nitrogen and oxygen atoms in total. The standard InChI is InChI=1S/C20H29NO/c1-5-6-9-14-22-19-13-12-16-10-7-8-11-17(16)18(19)15-21-20(2,3)4/h7-8,10-13,21H,5-6,9,14-15H2,1-4H3. The van der Waals surface area contributed by atoms with Gasteiger partial charge in [-0.3, -0.25) is 0 Å². The van der Waals surface area contributed by atoms with Gasteiger partial charge in [0.1, 0.15) is 5.75 Å². The molecule has 0 atom stereocenters. The molecule has 0 amide bonds. The van der Waals surface area contributed by atoms with Gasteiger partial charge in [-0.25, -0.2) is 0 Å². The molecule has 2 aromatic carbocycles. The minimum atomic E-state index is 0.0937. The van der Waals surface area contributed by atoms with Crippen molar-refractivity contribution < 1.29 is 4.74 Å². The monoisotopic (exact) mass is 299 g/mol. The van der Waals surface area contributed by atoms with Crippen molar-refractivity contribution in [2.24, 2.45) is 0 Å². The predicted molar refractivity (Wildman–Crippen MR) is 95.6 cm³/mol. The smallest absolute Gasteiger partial charge is 0.124 e. The quantitative estimate of drug-likeness (QED) is 0.701. The first kappa shape index (κ1) is 16.8. The highest BCUT2D eigenvalue weighted by atomic mass is 16.5. The molecule has 2 aromatic rings. The highest BCUT2D eigenvalue weighted by Gasteiger charge is 2.13. The van der Waals surface area contributed by atoms with Crippen LogP contribution in [0.15, 0.2) is 36.4 Å². The third-order valence-corrected chi connectivity index (χ3v) is 3.80. The first-order chi connectivity index (χ1) is 10.5. The number of hydrogen-bond donors (Lipinski definition) is 1. The predicted octanol–water partition coefficient (Wildman–Crippen LogP) is 5.30. The van der Waals surface area contributed by atoms with E-state index in [2.05, 4.69) is 69.4 Å². The third kappa shape index (κ3) is 4.74. The van der Waals surface area contributed by atoms with Gasteiger partial charge in [-0.15, -0.1) is 0 Å². The maximum Gasteiger partial charge on any atom is 0.124 e. The number of fused-ring (bicyclic) bond motifs is 1. The average Bonchev–Trinajstić information content (AvgIpc) is 2.49. The molecule has 0 aliphatic heterocycles. The number of hydrogen-bond acceptors (Lipinski definition) is 2. The summed E-state index contributed by atoms with van der Waals surface area (Å²) in [5, 5.41) is 6.15. The molecule has 0 aliphatic rings. The summed E-state index contributed by atoms with van der Waals surface area (Å²) in [6, 6.07) is 12.8. The van der Waals surface area contributed by atoms with Crippen molar-refractivity contribution in [3.8, 4) is 5.75 Å². The summed E-state index contributed by atoms with van der Waals surface area (Å²) in [4.78, 5) is 0. The SMILES string of the molecule is CCCCCOc1ccc2ccccc2c1CNC(C)(C)C. The summed E-state index contributed by atoms with van der Waals surface area (Å²) < 4.78 is 6.07. The van der Waals surface area contributed by atoms with Crippen LogP contribution in [0, 0.1) is 0 Å². The van der Waals surface area contributed by atoms with Crippen LogP contribution < -0.4 is 10.1 Å². The Bertz CT molecular complexity index is 598. The van der Waals surface area contributed by atoms with Crippen LogP contribution >= 0.6 is 0 Å². The molecule has 0 unspecified atom stereocenters. The van der Waals surface area contributed by atoms with E-state index in [4.69, 9.17) is 4.74 Å². The molecule has 0 saturated carbocycles. The van der Waals surface area contributed by atoms with Crippen LogP contribution in [0.4, 0.5) is 0 Å². The Balaban J connectivity index is 2.25. The number of rotatable bonds is 7. The van der Waals surface area contributed by atoms with Crippen LogP contribution in [0.1, 0.15) is 52.5 Å². The lowest BCUT2D eigenvalue weighted by Crippen LogP contribution is -2.35. The number of benzene rings is 2. The van der Waals surface area contributed by atoms with Gasteiger partial charge in [-0.1, -0.05) is 50.1 Å². The topological polar surface area (TPSA) is 21.3 Å². The van der Waals surface area contributed by atoms with E-state index in [9.17, 15) is 0 Å². The van der Waals surface area contributed by atoms with Crippen LogP contribution in [-0.4, -0.2) is 12.1 Å². The highest BCUT2D eigenvalue weighted by molar-refractivity contribution is 5.87. The molecule has 0 radical (unpaired) electrons. The van der Waals surface area contributed by atoms with Crippen LogP contribution in [0.2, 0.25) is 0 Å². The van der Waals surface area contributed by atoms with Crippen LogP contribution in [0.3, 0.4) is 0 Å². The zero-order valence-electron chi connectivity index (χ0n) is 14.4. The van der Waals surface area contributed by atoms with Gasteiger partial charge in [0.15, 0.2) is 0 Å². The fourth-order valence-electron chi connectivity index (χ4n) is 2.52. The minimum Gasteiger partial charge on any atom is -0.493 e. The average molecular weight is 299 g/mol. The molecule has 0 aliphatic carbocycles. The summed E-state index contributed by atoms with van der Waals surface area (Å²) in [6.07, 6.45) is 3.57. The zero-order chi connectivity index (χ0) is 16.0. The van der Waals surface area contributed by atoms with Gasteiger partial charge < -0.3 is 10.1 Å². The maximum atomic E-state index is 6.07. The Hall–Kier alpha value is -1.54. The van der Waals surface area contributed by atoms with E-state index in [1.54, 1.807) is 0 Å². The number of ether oxygens (including phenoxy) is 1. The van der Waals surface area contributed by atoms with Crippen molar-refractivity contribution >= 4 is 10.8 Å². The molecule has 0 spiro atoms. The van der Waals surface area contributed by atoms with Crippen LogP contribution in [0.5, 0.6) is 5.75 Å². The molecule has 0 aromatic heterocycles. The van der Waals surface area contributed by atoms with E-state index in [1.165, 1.54) is 29.2 Å². The molecule has 2 heteroatoms. The van der Waals surface area contributed by atoms with Gasteiger partial charge in [0.2, 0.25) is 0 Å². The van der Waals surface area contributed by atoms with Crippen molar-refractivity contribution in [2.45, 2.75) is 59.0 Å². The lowest BCUT2D eigenvalue weighted by atomic mass is 10.0. The molecule has 2 rings (SSSR count). The van der Waals surface area contributed by atoms with Crippen molar-refractivity contribution in [2.75, 3.05) is 6.61 Å². The summed E-state index contributed by atoms with van der Waals surface area (Å²) >= 11 is 0. The molecular formula is C20H29NO. The van der Waals surface area contributed by atoms with Gasteiger partial charge in [0.25, 0.3) is 0 Å². The number of nitrogens with one attached hydrogen (secondary N) is 1. The summed E-state index contributed by atoms with van der Waals surface area (Å²) in [5.74, 6) is 1.02. The van der Waals surface area contributed by atoms with E-state index in [1.807, 2.05) is 0 Å². The van der Waals surface area contributed by atoms with Crippen LogP contribution in [0.25, 0.3) is 10.8 Å². The lowest BCUT2D eigenvalue weighted by molar-refractivity contribution is 0.301. The first-order valence-corrected chi connectivity index (χ1v) is 8.40. The highest BCUT2D eigenvalue weighted by Crippen LogP contribution is 2.28. The fraction of sp³-hybridized carbons (Fsp3) is 0.500. The molecule has 120 valence electrons. The van der Waals surface area contributed by atoms with Crippen molar-refractivity contribution in [1.29, 1.82) is 0 Å². The van der Waals surface area contributed by atoms with E-state index in [0.29, 0.717) is 0 Å². The molecule has 0 heterocycles. The first-order valence-electron chi connectivity index (χ1n) is 8.40. The van der Waals surface area contributed by atoms with Crippen LogP contribution in [-0.2, 0) is 6.54 Å². The molecule has 0 bridgehead atoms. The van der Waals surface area contributed by atoms with Crippen molar-refractivity contribution in [3.63, 3.8) is 0 Å². The second-order valence-electron chi connectivity index (χ2n) is 6.92. The van der Waals surface area contributed by atoms with Crippen molar-refractivity contribution in [1.82, 2.24) is 5.32 Å². The van der Waals surface area contributed by atoms with E-state index in [0.717, 1.165) is 25.3 Å². The lowest BCUT2D eigenvalue weighted by Gasteiger charge is -2.22. The Kier molecular flexibility index (Phi) is 5.84. The molecule has 1 N–H and O–H groups in total. The Morgan fingerprint density at radius 2 is 1.77 bits per heavy atom. The summed E-state index contributed by atoms with van der Waals surface area (Å²) in [7, 11) is 0. The van der Waals surface area contributed by atoms with Gasteiger partial charge >= 0.3 is 0 Å². The zero-order valence-corrected chi connectivity index (χ0v) is 14.4. The van der Waals surface area contributed by atoms with Crippen molar-refractivity contribution in [3.05, 3.63) is 42.0 Å². The second-order valence-corrected chi connectivity index (χ2v) is 6.92. The second kappa shape index (κ2) is 7.64. The van der Waals surface area contributed by atoms with Gasteiger partial charge in [-0.2, -0.15) is 0 Å². The van der Waals surface area contributed by atoms with E-state index in [-0.39, 0.29) is 5.54 Å². The van der Waals surface area contributed by atoms with E-state index < -0.39 is 0 Å². The Morgan fingerprint density at radius 1 is 1.00 bits per heavy atom. The van der Waals surface area contributed by atoms with Gasteiger partial charge in [0.05, 0.1) is 6.61 Å². The van der Waals surface area contributed by atoms with E-state index >= 15 is 0 Å². The van der Waals surface area contributed by atoms with Gasteiger partial charge in [0, 0.05) is 17.6 Å². The molecule has 22 heavy (non-hydrogen) atoms. The Morgan fingerprint density at radius 3 is 2.50 bits per heavy atom. The third-order valence-electron chi connectivity index (χ3n) is 3.80. The molecular weight excluding hydrogens is 270 g/mol. The summed E-state index contributed by atoms with van der Waals surface area (Å²) in [5.41, 5.74) is 1.36. The number of unbranched alkanes of at least 4 members (excludes halogenated alkanes) is 2. The summed E-state index contributed by atoms with van der Waals surface area (Å²) in [6.45, 7) is 10.4. The largest absolute Gasteiger partial charge is 0.493 e. The fourth-order valence-corrected chi connectivity index (χ4v) is 2.52.